The summed E-state index contributed by atoms with van der Waals surface area (Å²) >= 11 is 4.50. The van der Waals surface area contributed by atoms with Gasteiger partial charge in [-0.1, -0.05) is 34.8 Å². The molecule has 3 saturated carbocycles. The van der Waals surface area contributed by atoms with Crippen molar-refractivity contribution in [2.45, 2.75) is 64.2 Å². The van der Waals surface area contributed by atoms with Crippen LogP contribution in [0.1, 0.15) is 46.5 Å². The molecule has 8 unspecified atom stereocenters. The molecular formula is C25H35NO5S2. The van der Waals surface area contributed by atoms with Gasteiger partial charge in [0.25, 0.3) is 0 Å². The molecule has 1 aliphatic heterocycles. The maximum Gasteiger partial charge on any atom is 0.191 e. The highest BCUT2D eigenvalue weighted by Crippen LogP contribution is 2.69. The van der Waals surface area contributed by atoms with Gasteiger partial charge in [0.05, 0.1) is 6.10 Å². The first kappa shape index (κ1) is 23.6. The van der Waals surface area contributed by atoms with Crippen molar-refractivity contribution in [1.29, 1.82) is 0 Å². The summed E-state index contributed by atoms with van der Waals surface area (Å²) in [6.07, 6.45) is 11.2. The van der Waals surface area contributed by atoms with E-state index in [9.17, 15) is 14.7 Å². The Bertz CT molecular complexity index is 999. The zero-order valence-corrected chi connectivity index (χ0v) is 21.7. The number of hydrogen-bond donors (Lipinski definition) is 2. The Balaban J connectivity index is 1.54. The smallest absolute Gasteiger partial charge is 0.191 e. The fraction of sp³-hybridized carbons (Fsp3) is 0.720. The molecule has 3 fully saturated rings. The Labute approximate surface area is 202 Å². The number of rotatable bonds is 4. The van der Waals surface area contributed by atoms with Crippen LogP contribution in [-0.2, 0) is 18.5 Å². The number of nitrogens with zero attached hydrogens (tertiary/aromatic N) is 1. The van der Waals surface area contributed by atoms with Crippen LogP contribution in [0.25, 0.3) is 0 Å². The molecule has 0 bridgehead atoms. The van der Waals surface area contributed by atoms with Crippen molar-refractivity contribution in [3.63, 3.8) is 0 Å². The van der Waals surface area contributed by atoms with Crippen LogP contribution in [0.15, 0.2) is 28.8 Å². The molecule has 0 aromatic carbocycles. The summed E-state index contributed by atoms with van der Waals surface area (Å²) in [6.45, 7) is 6.05. The molecule has 8 atom stereocenters. The van der Waals surface area contributed by atoms with E-state index < -0.39 is 26.4 Å². The van der Waals surface area contributed by atoms with Gasteiger partial charge in [-0.15, -0.1) is 11.7 Å². The lowest BCUT2D eigenvalue weighted by molar-refractivity contribution is -0.145. The average Bonchev–Trinajstić information content (AvgIpc) is 3.16. The van der Waals surface area contributed by atoms with Crippen LogP contribution in [0.5, 0.6) is 0 Å². The number of aliphatic hydroxyl groups is 1. The molecule has 4 aliphatic carbocycles. The largest absolute Gasteiger partial charge is 0.475 e. The van der Waals surface area contributed by atoms with Gasteiger partial charge in [-0.25, -0.2) is 4.99 Å². The van der Waals surface area contributed by atoms with Crippen LogP contribution in [0.4, 0.5) is 0 Å². The van der Waals surface area contributed by atoms with Crippen LogP contribution >= 0.6 is 21.0 Å². The molecule has 5 rings (SSSR count). The fourth-order valence-electron chi connectivity index (χ4n) is 8.00. The van der Waals surface area contributed by atoms with E-state index >= 15 is 0 Å². The number of hydrogen-bond acceptors (Lipinski definition) is 7. The Kier molecular flexibility index (Phi) is 5.34. The van der Waals surface area contributed by atoms with Gasteiger partial charge in [0.15, 0.2) is 23.0 Å². The van der Waals surface area contributed by atoms with Crippen molar-refractivity contribution in [3.8, 4) is 0 Å². The third-order valence-corrected chi connectivity index (χ3v) is 10.3. The first-order valence-corrected chi connectivity index (χ1v) is 15.2. The van der Waals surface area contributed by atoms with Crippen LogP contribution in [0.3, 0.4) is 0 Å². The number of fused-ring (bicyclic) bond motifs is 7. The lowest BCUT2D eigenvalue weighted by Crippen LogP contribution is -2.62. The highest BCUT2D eigenvalue weighted by atomic mass is 33.1. The monoisotopic (exact) mass is 493 g/mol. The fourth-order valence-corrected chi connectivity index (χ4v) is 8.55. The number of carbonyl (C=O) groups is 2. The van der Waals surface area contributed by atoms with E-state index in [0.29, 0.717) is 12.3 Å². The second-order valence-corrected chi connectivity index (χ2v) is 16.6. The molecule has 0 amide bonds. The average molecular weight is 494 g/mol. The minimum atomic E-state index is -1.61. The van der Waals surface area contributed by atoms with E-state index in [-0.39, 0.29) is 47.4 Å². The van der Waals surface area contributed by atoms with E-state index in [0.717, 1.165) is 24.8 Å². The molecule has 0 aromatic heterocycles. The predicted octanol–water partition coefficient (Wildman–Crippen LogP) is 3.84. The molecule has 33 heavy (non-hydrogen) atoms. The summed E-state index contributed by atoms with van der Waals surface area (Å²) < 4.78 is 12.0. The molecule has 8 heteroatoms. The zero-order chi connectivity index (χ0) is 24.0. The minimum Gasteiger partial charge on any atom is -0.475 e. The van der Waals surface area contributed by atoms with Gasteiger partial charge in [-0.05, 0) is 62.2 Å². The highest BCUT2D eigenvalue weighted by molar-refractivity contribution is 8.85. The van der Waals surface area contributed by atoms with Crippen LogP contribution in [0, 0.1) is 28.6 Å². The lowest BCUT2D eigenvalue weighted by Gasteiger charge is -2.59. The van der Waals surface area contributed by atoms with E-state index in [4.69, 9.17) is 13.9 Å². The first-order valence-electron chi connectivity index (χ1n) is 11.8. The predicted molar refractivity (Wildman–Crippen MR) is 133 cm³/mol. The van der Waals surface area contributed by atoms with Crippen LogP contribution < -0.4 is 0 Å². The highest BCUT2D eigenvalue weighted by Gasteiger charge is 2.74. The van der Waals surface area contributed by atoms with Crippen molar-refractivity contribution >= 4 is 38.5 Å². The maximum atomic E-state index is 13.8. The molecule has 0 aromatic rings. The molecule has 0 saturated heterocycles. The Morgan fingerprint density at radius 2 is 2.12 bits per heavy atom. The molecule has 5 aliphatic rings. The van der Waals surface area contributed by atoms with Crippen LogP contribution in [-0.4, -0.2) is 59.4 Å². The number of carbonyl (C=O) groups excluding carboxylic acids is 2. The second-order valence-electron chi connectivity index (χ2n) is 11.3. The molecule has 0 radical (unpaired) electrons. The van der Waals surface area contributed by atoms with Gasteiger partial charge in [0.2, 0.25) is 0 Å². The standard InChI is InChI=1S/C25H35NO5S2/c1-14-26-25(20(29)13-30-33(4,5)32)21(31-14)11-18-17-7-6-15-10-16(27)8-9-23(15,2)22(17)19(28)12-24(18,25)3/h8-10,17-19,21-22,28,32H,6-7,11-13H2,1-5H3. The quantitative estimate of drug-likeness (QED) is 0.459. The molecule has 6 nitrogen and oxygen atoms in total. The van der Waals surface area contributed by atoms with Crippen molar-refractivity contribution in [3.05, 3.63) is 23.8 Å². The van der Waals surface area contributed by atoms with Gasteiger partial charge in [0, 0.05) is 23.7 Å². The van der Waals surface area contributed by atoms with Gasteiger partial charge >= 0.3 is 0 Å². The molecule has 1 N–H and O–H groups in total. The molecule has 0 spiro atoms. The Morgan fingerprint density at radius 1 is 1.39 bits per heavy atom. The SMILES string of the molecule is CC1=NC2(C(=O)COS(C)(C)S)C(CC3C4CCC5=CC(=O)C=CC5(C)C4C(O)CC32C)O1. The van der Waals surface area contributed by atoms with Crippen molar-refractivity contribution in [1.82, 2.24) is 0 Å². The minimum absolute atomic E-state index is 0.00745. The Morgan fingerprint density at radius 3 is 2.82 bits per heavy atom. The number of aliphatic hydroxyl groups excluding tert-OH is 1. The van der Waals surface area contributed by atoms with E-state index in [2.05, 4.69) is 25.5 Å². The summed E-state index contributed by atoms with van der Waals surface area (Å²) in [6, 6.07) is 0. The normalized spacial score (nSPS) is 46.4. The number of ether oxygens (including phenoxy) is 1. The molecule has 1 heterocycles. The van der Waals surface area contributed by atoms with Gasteiger partial charge in [-0.3, -0.25) is 9.59 Å². The van der Waals surface area contributed by atoms with Gasteiger partial charge in [-0.2, -0.15) is 0 Å². The van der Waals surface area contributed by atoms with Crippen molar-refractivity contribution in [2.24, 2.45) is 33.6 Å². The number of allylic oxidation sites excluding steroid dienone is 4. The summed E-state index contributed by atoms with van der Waals surface area (Å²) in [5.41, 5.74) is -0.783. The topological polar surface area (TPSA) is 85.2 Å². The zero-order valence-electron chi connectivity index (χ0n) is 20.0. The number of Topliss-reactive ketones (excluding diaryl/α,β-unsaturated/α-hetero) is 1. The third kappa shape index (κ3) is 3.27. The number of ketones is 2. The van der Waals surface area contributed by atoms with Crippen LogP contribution in [0.2, 0.25) is 0 Å². The summed E-state index contributed by atoms with van der Waals surface area (Å²) in [5, 5.41) is 11.6. The third-order valence-electron chi connectivity index (χ3n) is 9.24. The maximum absolute atomic E-state index is 13.8. The van der Waals surface area contributed by atoms with Crippen molar-refractivity contribution < 1.29 is 23.6 Å². The molecule has 182 valence electrons. The summed E-state index contributed by atoms with van der Waals surface area (Å²) in [7, 11) is -1.61. The van der Waals surface area contributed by atoms with E-state index in [1.54, 1.807) is 12.2 Å². The number of aliphatic imine (C=N–C) groups is 1. The van der Waals surface area contributed by atoms with Crippen molar-refractivity contribution in [2.75, 3.05) is 19.1 Å². The summed E-state index contributed by atoms with van der Waals surface area (Å²) in [5.74, 6) is 0.923. The summed E-state index contributed by atoms with van der Waals surface area (Å²) in [4.78, 5) is 30.7. The van der Waals surface area contributed by atoms with Gasteiger partial charge < -0.3 is 14.0 Å². The number of thiol groups is 1. The molecular weight excluding hydrogens is 458 g/mol. The first-order chi connectivity index (χ1) is 15.3. The second kappa shape index (κ2) is 7.45. The Hall–Kier alpha value is -1.09. The van der Waals surface area contributed by atoms with E-state index in [1.807, 2.05) is 25.5 Å². The lowest BCUT2D eigenvalue weighted by atomic mass is 9.46. The van der Waals surface area contributed by atoms with Gasteiger partial charge in [0.1, 0.15) is 12.7 Å². The van der Waals surface area contributed by atoms with E-state index in [1.165, 1.54) is 0 Å².